The van der Waals surface area contributed by atoms with E-state index in [1.54, 1.807) is 23.2 Å². The first-order chi connectivity index (χ1) is 15.5. The topological polar surface area (TPSA) is 93.6 Å². The zero-order chi connectivity index (χ0) is 22.2. The first kappa shape index (κ1) is 20.4. The van der Waals surface area contributed by atoms with Crippen LogP contribution < -0.4 is 5.56 Å². The summed E-state index contributed by atoms with van der Waals surface area (Å²) in [5.74, 6) is 0.861. The summed E-state index contributed by atoms with van der Waals surface area (Å²) in [5.41, 5.74) is 3.59. The molecule has 0 bridgehead atoms. The van der Waals surface area contributed by atoms with E-state index in [2.05, 4.69) is 15.1 Å². The van der Waals surface area contributed by atoms with E-state index in [0.29, 0.717) is 47.3 Å². The SMILES string of the molecule is Cc1ccccc1-c1noc(CCC(=O)N2CCc3nc4ccc(Cl)cn4c(=O)c3C2)n1. The van der Waals surface area contributed by atoms with Crippen LogP contribution in [0.15, 0.2) is 51.9 Å². The molecule has 0 radical (unpaired) electrons. The summed E-state index contributed by atoms with van der Waals surface area (Å²) in [4.78, 5) is 36.4. The fraction of sp³-hybridized carbons (Fsp3) is 0.261. The third-order valence-electron chi connectivity index (χ3n) is 5.69. The van der Waals surface area contributed by atoms with Crippen molar-refractivity contribution in [3.8, 4) is 11.4 Å². The average molecular weight is 450 g/mol. The molecule has 1 aliphatic rings. The Morgan fingerprint density at radius 3 is 2.88 bits per heavy atom. The molecule has 162 valence electrons. The van der Waals surface area contributed by atoms with E-state index in [4.69, 9.17) is 16.1 Å². The number of nitrogens with zero attached hydrogens (tertiary/aromatic N) is 5. The van der Waals surface area contributed by atoms with Crippen LogP contribution in [0.3, 0.4) is 0 Å². The molecule has 0 unspecified atom stereocenters. The van der Waals surface area contributed by atoms with Gasteiger partial charge < -0.3 is 9.42 Å². The quantitative estimate of drug-likeness (QED) is 0.475. The van der Waals surface area contributed by atoms with Gasteiger partial charge in [0.2, 0.25) is 17.6 Å². The largest absolute Gasteiger partial charge is 0.339 e. The molecule has 0 saturated carbocycles. The maximum atomic E-state index is 12.9. The molecule has 8 nitrogen and oxygen atoms in total. The summed E-state index contributed by atoms with van der Waals surface area (Å²) < 4.78 is 6.77. The minimum atomic E-state index is -0.190. The standard InChI is InChI=1S/C23H20ClN5O3/c1-14-4-2-3-5-16(14)22-26-20(32-27-22)8-9-21(30)28-11-10-18-17(13-28)23(31)29-12-15(24)6-7-19(29)25-18/h2-7,12H,8-11,13H2,1H3. The fourth-order valence-corrected chi connectivity index (χ4v) is 4.11. The van der Waals surface area contributed by atoms with Crippen LogP contribution in [0.1, 0.15) is 29.1 Å². The Morgan fingerprint density at radius 1 is 1.19 bits per heavy atom. The lowest BCUT2D eigenvalue weighted by Crippen LogP contribution is -2.40. The summed E-state index contributed by atoms with van der Waals surface area (Å²) in [6.45, 7) is 2.73. The van der Waals surface area contributed by atoms with E-state index in [0.717, 1.165) is 16.8 Å². The molecule has 0 N–H and O–H groups in total. The molecule has 1 aliphatic heterocycles. The number of fused-ring (bicyclic) bond motifs is 2. The van der Waals surface area contributed by atoms with Crippen molar-refractivity contribution < 1.29 is 9.32 Å². The molecule has 3 aromatic heterocycles. The molecule has 32 heavy (non-hydrogen) atoms. The van der Waals surface area contributed by atoms with E-state index in [9.17, 15) is 9.59 Å². The Balaban J connectivity index is 1.29. The first-order valence-electron chi connectivity index (χ1n) is 10.4. The van der Waals surface area contributed by atoms with Gasteiger partial charge in [-0.15, -0.1) is 0 Å². The van der Waals surface area contributed by atoms with Gasteiger partial charge in [-0.3, -0.25) is 14.0 Å². The third-order valence-corrected chi connectivity index (χ3v) is 5.92. The lowest BCUT2D eigenvalue weighted by molar-refractivity contribution is -0.132. The Labute approximate surface area is 188 Å². The van der Waals surface area contributed by atoms with Crippen LogP contribution in [0.25, 0.3) is 17.0 Å². The van der Waals surface area contributed by atoms with E-state index >= 15 is 0 Å². The summed E-state index contributed by atoms with van der Waals surface area (Å²) in [6, 6.07) is 11.2. The zero-order valence-electron chi connectivity index (χ0n) is 17.4. The molecule has 0 aliphatic carbocycles. The van der Waals surface area contributed by atoms with Crippen molar-refractivity contribution in [2.75, 3.05) is 6.54 Å². The lowest BCUT2D eigenvalue weighted by Gasteiger charge is -2.28. The molecule has 1 amide bonds. The van der Waals surface area contributed by atoms with Crippen molar-refractivity contribution in [2.45, 2.75) is 32.7 Å². The lowest BCUT2D eigenvalue weighted by atomic mass is 10.1. The van der Waals surface area contributed by atoms with Gasteiger partial charge in [-0.2, -0.15) is 4.98 Å². The van der Waals surface area contributed by atoms with Crippen molar-refractivity contribution in [1.82, 2.24) is 24.4 Å². The first-order valence-corrected chi connectivity index (χ1v) is 10.7. The van der Waals surface area contributed by atoms with E-state index in [1.807, 2.05) is 31.2 Å². The van der Waals surface area contributed by atoms with Gasteiger partial charge in [0.15, 0.2) is 0 Å². The van der Waals surface area contributed by atoms with Gasteiger partial charge in [0.05, 0.1) is 22.8 Å². The summed E-state index contributed by atoms with van der Waals surface area (Å²) >= 11 is 6.03. The van der Waals surface area contributed by atoms with Gasteiger partial charge in [-0.1, -0.05) is 41.0 Å². The molecule has 0 fully saturated rings. The van der Waals surface area contributed by atoms with E-state index in [1.165, 1.54) is 4.40 Å². The predicted octanol–water partition coefficient (Wildman–Crippen LogP) is 3.22. The monoisotopic (exact) mass is 449 g/mol. The van der Waals surface area contributed by atoms with Crippen molar-refractivity contribution in [1.29, 1.82) is 0 Å². The molecule has 0 saturated heterocycles. The third kappa shape index (κ3) is 3.78. The van der Waals surface area contributed by atoms with Crippen LogP contribution in [0.2, 0.25) is 5.02 Å². The van der Waals surface area contributed by atoms with E-state index < -0.39 is 0 Å². The number of rotatable bonds is 4. The van der Waals surface area contributed by atoms with Crippen molar-refractivity contribution in [3.63, 3.8) is 0 Å². The van der Waals surface area contributed by atoms with Crippen LogP contribution in [-0.2, 0) is 24.2 Å². The Kier molecular flexibility index (Phi) is 5.22. The van der Waals surface area contributed by atoms with Crippen LogP contribution in [0.4, 0.5) is 0 Å². The van der Waals surface area contributed by atoms with Crippen LogP contribution in [0.5, 0.6) is 0 Å². The second-order valence-electron chi connectivity index (χ2n) is 7.81. The van der Waals surface area contributed by atoms with Gasteiger partial charge in [0.25, 0.3) is 5.56 Å². The number of hydrogen-bond donors (Lipinski definition) is 0. The number of amides is 1. The van der Waals surface area contributed by atoms with E-state index in [-0.39, 0.29) is 24.4 Å². The number of aromatic nitrogens is 4. The summed E-state index contributed by atoms with van der Waals surface area (Å²) in [7, 11) is 0. The van der Waals surface area contributed by atoms with Crippen molar-refractivity contribution in [2.24, 2.45) is 0 Å². The van der Waals surface area contributed by atoms with Gasteiger partial charge >= 0.3 is 0 Å². The van der Waals surface area contributed by atoms with Gasteiger partial charge in [-0.25, -0.2) is 4.98 Å². The molecule has 4 heterocycles. The van der Waals surface area contributed by atoms with Crippen LogP contribution in [0, 0.1) is 6.92 Å². The average Bonchev–Trinajstić information content (AvgIpc) is 3.27. The maximum absolute atomic E-state index is 12.9. The minimum Gasteiger partial charge on any atom is -0.339 e. The van der Waals surface area contributed by atoms with Gasteiger partial charge in [0, 0.05) is 37.6 Å². The number of hydrogen-bond acceptors (Lipinski definition) is 6. The number of pyridine rings is 1. The molecule has 0 atom stereocenters. The molecule has 5 rings (SSSR count). The van der Waals surface area contributed by atoms with Gasteiger partial charge in [0.1, 0.15) is 5.65 Å². The number of carbonyl (C=O) groups excluding carboxylic acids is 1. The summed E-state index contributed by atoms with van der Waals surface area (Å²) in [5, 5.41) is 4.49. The highest BCUT2D eigenvalue weighted by atomic mass is 35.5. The zero-order valence-corrected chi connectivity index (χ0v) is 18.2. The normalized spacial score (nSPS) is 13.4. The van der Waals surface area contributed by atoms with Crippen LogP contribution in [-0.4, -0.2) is 36.9 Å². The number of aryl methyl sites for hydroxylation is 2. The van der Waals surface area contributed by atoms with Gasteiger partial charge in [-0.05, 0) is 24.6 Å². The molecule has 1 aromatic carbocycles. The molecule has 0 spiro atoms. The van der Waals surface area contributed by atoms with Crippen LogP contribution >= 0.6 is 11.6 Å². The second kappa shape index (κ2) is 8.20. The Morgan fingerprint density at radius 2 is 2.03 bits per heavy atom. The molecule has 9 heteroatoms. The fourth-order valence-electron chi connectivity index (χ4n) is 3.95. The molecular formula is C23H20ClN5O3. The number of halogens is 1. The smallest absolute Gasteiger partial charge is 0.263 e. The summed E-state index contributed by atoms with van der Waals surface area (Å²) in [6.07, 6.45) is 2.65. The Bertz CT molecular complexity index is 1390. The highest BCUT2D eigenvalue weighted by Crippen LogP contribution is 2.21. The highest BCUT2D eigenvalue weighted by Gasteiger charge is 2.25. The minimum absolute atomic E-state index is 0.0677. The maximum Gasteiger partial charge on any atom is 0.263 e. The number of benzene rings is 1. The molecule has 4 aromatic rings. The predicted molar refractivity (Wildman–Crippen MR) is 118 cm³/mol. The van der Waals surface area contributed by atoms with Crippen molar-refractivity contribution >= 4 is 23.2 Å². The number of carbonyl (C=O) groups is 1. The second-order valence-corrected chi connectivity index (χ2v) is 8.25. The highest BCUT2D eigenvalue weighted by molar-refractivity contribution is 6.30. The molecular weight excluding hydrogens is 430 g/mol. The Hall–Kier alpha value is -3.52. The van der Waals surface area contributed by atoms with Crippen molar-refractivity contribution in [3.05, 3.63) is 80.7 Å².